The highest BCUT2D eigenvalue weighted by Crippen LogP contribution is 2.15. The van der Waals surface area contributed by atoms with Gasteiger partial charge in [0.05, 0.1) is 0 Å². The van der Waals surface area contributed by atoms with Crippen molar-refractivity contribution in [2.75, 3.05) is 0 Å². The lowest BCUT2D eigenvalue weighted by molar-refractivity contribution is -0.120. The molecule has 3 N–H and O–H groups in total. The molecule has 0 heterocycles. The summed E-state index contributed by atoms with van der Waals surface area (Å²) in [5.74, 6) is -5.80. The predicted octanol–water partition coefficient (Wildman–Crippen LogP) is 2.71. The summed E-state index contributed by atoms with van der Waals surface area (Å²) >= 11 is 0. The zero-order chi connectivity index (χ0) is 18.4. The van der Waals surface area contributed by atoms with Crippen LogP contribution in [0.2, 0.25) is 0 Å². The van der Waals surface area contributed by atoms with Crippen LogP contribution in [0.3, 0.4) is 0 Å². The van der Waals surface area contributed by atoms with Gasteiger partial charge >= 0.3 is 0 Å². The molecule has 0 bridgehead atoms. The number of halogens is 3. The summed E-state index contributed by atoms with van der Waals surface area (Å²) in [4.78, 5) is 23.5. The predicted molar refractivity (Wildman–Crippen MR) is 86.1 cm³/mol. The quantitative estimate of drug-likeness (QED) is 0.806. The van der Waals surface area contributed by atoms with Crippen molar-refractivity contribution in [2.24, 2.45) is 5.73 Å². The number of amides is 2. The summed E-state index contributed by atoms with van der Waals surface area (Å²) in [6, 6.07) is 9.18. The molecule has 0 aliphatic carbocycles. The number of aryl methyl sites for hydroxylation is 1. The average molecular weight is 350 g/mol. The van der Waals surface area contributed by atoms with Crippen molar-refractivity contribution < 1.29 is 22.8 Å². The van der Waals surface area contributed by atoms with E-state index >= 15 is 0 Å². The number of primary amides is 1. The zero-order valence-electron chi connectivity index (χ0n) is 13.3. The number of hydrogen-bond acceptors (Lipinski definition) is 2. The van der Waals surface area contributed by atoms with Crippen LogP contribution in [0.15, 0.2) is 42.5 Å². The van der Waals surface area contributed by atoms with Crippen molar-refractivity contribution in [3.63, 3.8) is 0 Å². The van der Waals surface area contributed by atoms with E-state index in [0.29, 0.717) is 25.0 Å². The fraction of sp³-hybridized carbons (Fsp3) is 0.222. The maximum absolute atomic E-state index is 13.6. The van der Waals surface area contributed by atoms with E-state index in [1.54, 1.807) is 0 Å². The molecule has 0 fully saturated rings. The van der Waals surface area contributed by atoms with Gasteiger partial charge in [0.15, 0.2) is 0 Å². The second kappa shape index (κ2) is 8.32. The first-order valence-electron chi connectivity index (χ1n) is 7.67. The van der Waals surface area contributed by atoms with Crippen LogP contribution in [0.1, 0.15) is 28.8 Å². The van der Waals surface area contributed by atoms with Crippen molar-refractivity contribution in [1.29, 1.82) is 0 Å². The summed E-state index contributed by atoms with van der Waals surface area (Å²) in [6.45, 7) is 0. The molecule has 25 heavy (non-hydrogen) atoms. The van der Waals surface area contributed by atoms with Crippen LogP contribution in [0.25, 0.3) is 0 Å². The molecule has 4 nitrogen and oxygen atoms in total. The van der Waals surface area contributed by atoms with Gasteiger partial charge in [0.2, 0.25) is 5.91 Å². The molecule has 0 unspecified atom stereocenters. The smallest absolute Gasteiger partial charge is 0.257 e. The lowest BCUT2D eigenvalue weighted by atomic mass is 10.0. The molecular formula is C18H17F3N2O2. The molecule has 132 valence electrons. The number of nitrogens with one attached hydrogen (secondary N) is 1. The average Bonchev–Trinajstić information content (AvgIpc) is 2.53. The third-order valence-corrected chi connectivity index (χ3v) is 3.68. The monoisotopic (exact) mass is 350 g/mol. The van der Waals surface area contributed by atoms with Crippen LogP contribution in [0.4, 0.5) is 13.2 Å². The van der Waals surface area contributed by atoms with Crippen LogP contribution in [0.5, 0.6) is 0 Å². The Labute approximate surface area is 142 Å². The van der Waals surface area contributed by atoms with Gasteiger partial charge in [-0.05, 0) is 24.8 Å². The van der Waals surface area contributed by atoms with Gasteiger partial charge in [0.25, 0.3) is 5.91 Å². The lowest BCUT2D eigenvalue weighted by Crippen LogP contribution is -2.45. The van der Waals surface area contributed by atoms with Crippen molar-refractivity contribution in [3.05, 3.63) is 71.0 Å². The molecule has 2 rings (SSSR count). The number of hydrogen-bond donors (Lipinski definition) is 2. The van der Waals surface area contributed by atoms with Crippen LogP contribution in [-0.2, 0) is 11.2 Å². The van der Waals surface area contributed by atoms with Gasteiger partial charge in [-0.25, -0.2) is 13.2 Å². The minimum atomic E-state index is -1.34. The van der Waals surface area contributed by atoms with E-state index < -0.39 is 40.9 Å². The molecular weight excluding hydrogens is 333 g/mol. The van der Waals surface area contributed by atoms with Gasteiger partial charge in [-0.1, -0.05) is 30.3 Å². The molecule has 1 atom stereocenters. The van der Waals surface area contributed by atoms with Crippen LogP contribution in [0, 0.1) is 17.5 Å². The lowest BCUT2D eigenvalue weighted by Gasteiger charge is -2.16. The van der Waals surface area contributed by atoms with Gasteiger partial charge in [-0.15, -0.1) is 0 Å². The Morgan fingerprint density at radius 2 is 1.64 bits per heavy atom. The Hall–Kier alpha value is -2.83. The Kier molecular flexibility index (Phi) is 6.16. The summed E-state index contributed by atoms with van der Waals surface area (Å²) in [7, 11) is 0. The summed E-state index contributed by atoms with van der Waals surface area (Å²) in [6.07, 6.45) is 1.40. The third kappa shape index (κ3) is 5.07. The summed E-state index contributed by atoms with van der Waals surface area (Å²) in [5.41, 5.74) is 5.34. The standard InChI is InChI=1S/C18H17F3N2O2/c19-12-9-13(20)16(14(21)10-12)18(25)23-15(17(22)24)8-4-7-11-5-2-1-3-6-11/h1-3,5-6,9-10,15H,4,7-8H2,(H2,22,24)(H,23,25)/t15-/m1/s1. The molecule has 0 aliphatic rings. The van der Waals surface area contributed by atoms with E-state index in [0.717, 1.165) is 5.56 Å². The number of benzene rings is 2. The van der Waals surface area contributed by atoms with Crippen LogP contribution < -0.4 is 11.1 Å². The molecule has 0 aliphatic heterocycles. The molecule has 0 aromatic heterocycles. The third-order valence-electron chi connectivity index (χ3n) is 3.68. The highest BCUT2D eigenvalue weighted by Gasteiger charge is 2.24. The first kappa shape index (κ1) is 18.5. The molecule has 2 aromatic rings. The maximum Gasteiger partial charge on any atom is 0.257 e. The second-order valence-electron chi connectivity index (χ2n) is 5.55. The largest absolute Gasteiger partial charge is 0.368 e. The van der Waals surface area contributed by atoms with E-state index in [1.165, 1.54) is 0 Å². The Morgan fingerprint density at radius 3 is 2.20 bits per heavy atom. The Balaban J connectivity index is 2.01. The fourth-order valence-electron chi connectivity index (χ4n) is 2.43. The highest BCUT2D eigenvalue weighted by molar-refractivity contribution is 5.97. The first-order chi connectivity index (χ1) is 11.9. The van der Waals surface area contributed by atoms with Gasteiger partial charge in [0, 0.05) is 12.1 Å². The number of nitrogens with two attached hydrogens (primary N) is 1. The summed E-state index contributed by atoms with van der Waals surface area (Å²) in [5, 5.41) is 2.20. The Morgan fingerprint density at radius 1 is 1.04 bits per heavy atom. The maximum atomic E-state index is 13.6. The second-order valence-corrected chi connectivity index (χ2v) is 5.55. The highest BCUT2D eigenvalue weighted by atomic mass is 19.1. The minimum absolute atomic E-state index is 0.209. The summed E-state index contributed by atoms with van der Waals surface area (Å²) < 4.78 is 40.2. The van der Waals surface area contributed by atoms with Crippen LogP contribution in [-0.4, -0.2) is 17.9 Å². The van der Waals surface area contributed by atoms with Crippen molar-refractivity contribution in [1.82, 2.24) is 5.32 Å². The van der Waals surface area contributed by atoms with Gasteiger partial charge in [-0.3, -0.25) is 9.59 Å². The molecule has 0 saturated carbocycles. The number of rotatable bonds is 7. The number of carbonyl (C=O) groups is 2. The van der Waals surface area contributed by atoms with Gasteiger partial charge in [-0.2, -0.15) is 0 Å². The normalized spacial score (nSPS) is 11.8. The Bertz CT molecular complexity index is 743. The molecule has 7 heteroatoms. The minimum Gasteiger partial charge on any atom is -0.368 e. The van der Waals surface area contributed by atoms with E-state index in [-0.39, 0.29) is 6.42 Å². The molecule has 0 spiro atoms. The van der Waals surface area contributed by atoms with Gasteiger partial charge < -0.3 is 11.1 Å². The zero-order valence-corrected chi connectivity index (χ0v) is 13.3. The van der Waals surface area contributed by atoms with E-state index in [4.69, 9.17) is 5.73 Å². The van der Waals surface area contributed by atoms with E-state index in [1.807, 2.05) is 30.3 Å². The fourth-order valence-corrected chi connectivity index (χ4v) is 2.43. The SMILES string of the molecule is NC(=O)[C@@H](CCCc1ccccc1)NC(=O)c1c(F)cc(F)cc1F. The van der Waals surface area contributed by atoms with E-state index in [2.05, 4.69) is 5.32 Å². The topological polar surface area (TPSA) is 72.2 Å². The molecule has 2 aromatic carbocycles. The van der Waals surface area contributed by atoms with Crippen LogP contribution >= 0.6 is 0 Å². The molecule has 2 amide bonds. The molecule has 0 saturated heterocycles. The molecule has 0 radical (unpaired) electrons. The van der Waals surface area contributed by atoms with E-state index in [9.17, 15) is 22.8 Å². The van der Waals surface area contributed by atoms with Crippen molar-refractivity contribution in [3.8, 4) is 0 Å². The van der Waals surface area contributed by atoms with Crippen molar-refractivity contribution in [2.45, 2.75) is 25.3 Å². The number of carbonyl (C=O) groups excluding carboxylic acids is 2. The van der Waals surface area contributed by atoms with Gasteiger partial charge in [0.1, 0.15) is 29.1 Å². The van der Waals surface area contributed by atoms with Crippen molar-refractivity contribution >= 4 is 11.8 Å². The first-order valence-corrected chi connectivity index (χ1v) is 7.67.